The van der Waals surface area contributed by atoms with Crippen LogP contribution >= 0.6 is 0 Å². The van der Waals surface area contributed by atoms with Gasteiger partial charge in [-0.3, -0.25) is 9.78 Å². The molecule has 1 heterocycles. The Morgan fingerprint density at radius 2 is 2.20 bits per heavy atom. The van der Waals surface area contributed by atoms with E-state index in [0.717, 1.165) is 12.5 Å². The number of carbonyl (C=O) groups is 2. The molecule has 0 bridgehead atoms. The van der Waals surface area contributed by atoms with Crippen LogP contribution < -0.4 is 5.32 Å². The average molecular weight is 274 g/mol. The molecule has 1 aliphatic rings. The van der Waals surface area contributed by atoms with Crippen molar-refractivity contribution in [3.63, 3.8) is 0 Å². The number of aliphatic carboxylic acids is 1. The Balaban J connectivity index is 1.89. The fourth-order valence-electron chi connectivity index (χ4n) is 2.04. The summed E-state index contributed by atoms with van der Waals surface area (Å²) in [5, 5.41) is 11.4. The first-order valence-electron chi connectivity index (χ1n) is 6.54. The van der Waals surface area contributed by atoms with Gasteiger partial charge in [0.1, 0.15) is 5.69 Å². The molecule has 1 unspecified atom stereocenters. The number of carbonyl (C=O) groups excluding carboxylic acids is 1. The van der Waals surface area contributed by atoms with Gasteiger partial charge in [-0.25, -0.2) is 4.79 Å². The largest absolute Gasteiger partial charge is 0.478 e. The maximum atomic E-state index is 11.9. The first-order valence-corrected chi connectivity index (χ1v) is 6.54. The number of nitrogens with one attached hydrogen (secondary N) is 1. The van der Waals surface area contributed by atoms with Crippen LogP contribution in [0.1, 0.15) is 36.3 Å². The summed E-state index contributed by atoms with van der Waals surface area (Å²) in [7, 11) is 0. The van der Waals surface area contributed by atoms with Crippen molar-refractivity contribution in [2.75, 3.05) is 6.54 Å². The maximum absolute atomic E-state index is 11.9. The third-order valence-electron chi connectivity index (χ3n) is 3.66. The maximum Gasteiger partial charge on any atom is 0.328 e. The van der Waals surface area contributed by atoms with Gasteiger partial charge < -0.3 is 10.4 Å². The average Bonchev–Trinajstić information content (AvgIpc) is 3.02. The zero-order chi connectivity index (χ0) is 14.8. The van der Waals surface area contributed by atoms with Crippen LogP contribution in [-0.2, 0) is 4.79 Å². The van der Waals surface area contributed by atoms with Crippen LogP contribution in [0.3, 0.4) is 0 Å². The van der Waals surface area contributed by atoms with E-state index in [0.29, 0.717) is 29.1 Å². The highest BCUT2D eigenvalue weighted by atomic mass is 16.4. The molecular weight excluding hydrogens is 256 g/mol. The van der Waals surface area contributed by atoms with E-state index in [1.807, 2.05) is 0 Å². The molecule has 1 saturated carbocycles. The fourth-order valence-corrected chi connectivity index (χ4v) is 2.04. The minimum atomic E-state index is -1.01. The molecule has 1 amide bonds. The van der Waals surface area contributed by atoms with Crippen LogP contribution in [0, 0.1) is 11.3 Å². The van der Waals surface area contributed by atoms with E-state index in [9.17, 15) is 9.59 Å². The molecule has 0 spiro atoms. The summed E-state index contributed by atoms with van der Waals surface area (Å²) >= 11 is 0. The fraction of sp³-hybridized carbons (Fsp3) is 0.400. The predicted octanol–water partition coefficient (Wildman–Crippen LogP) is 1.96. The summed E-state index contributed by atoms with van der Waals surface area (Å²) in [5.41, 5.74) is 1.33. The topological polar surface area (TPSA) is 79.3 Å². The Bertz CT molecular complexity index is 547. The van der Waals surface area contributed by atoms with Gasteiger partial charge in [-0.15, -0.1) is 0 Å². The van der Waals surface area contributed by atoms with Crippen molar-refractivity contribution >= 4 is 18.0 Å². The molecule has 5 heteroatoms. The highest BCUT2D eigenvalue weighted by Gasteiger charge is 2.45. The van der Waals surface area contributed by atoms with Crippen molar-refractivity contribution in [1.82, 2.24) is 10.3 Å². The predicted molar refractivity (Wildman–Crippen MR) is 75.1 cm³/mol. The molecule has 1 atom stereocenters. The number of carboxylic acid groups (broad SMARTS) is 1. The number of nitrogens with zero attached hydrogens (tertiary/aromatic N) is 1. The van der Waals surface area contributed by atoms with Gasteiger partial charge in [-0.2, -0.15) is 0 Å². The molecule has 1 fully saturated rings. The van der Waals surface area contributed by atoms with E-state index in [1.54, 1.807) is 12.1 Å². The Kier molecular flexibility index (Phi) is 3.88. The lowest BCUT2D eigenvalue weighted by Gasteiger charge is -2.06. The number of rotatable bonds is 5. The SMILES string of the molecule is CC1(C)CC1CNC(=O)c1ccc(/C=C/C(=O)O)cn1. The van der Waals surface area contributed by atoms with Gasteiger partial charge in [0.15, 0.2) is 0 Å². The minimum absolute atomic E-state index is 0.193. The van der Waals surface area contributed by atoms with Crippen LogP contribution in [0.25, 0.3) is 6.08 Å². The van der Waals surface area contributed by atoms with Crippen molar-refractivity contribution in [3.8, 4) is 0 Å². The van der Waals surface area contributed by atoms with E-state index in [2.05, 4.69) is 24.1 Å². The standard InChI is InChI=1S/C15H18N2O3/c1-15(2)7-11(15)9-17-14(20)12-5-3-10(8-16-12)4-6-13(18)19/h3-6,8,11H,7,9H2,1-2H3,(H,17,20)(H,18,19)/b6-4+. The number of hydrogen-bond acceptors (Lipinski definition) is 3. The summed E-state index contributed by atoms with van der Waals surface area (Å²) in [6, 6.07) is 3.26. The second-order valence-electron chi connectivity index (χ2n) is 5.75. The van der Waals surface area contributed by atoms with E-state index >= 15 is 0 Å². The number of aromatic nitrogens is 1. The Hall–Kier alpha value is -2.17. The van der Waals surface area contributed by atoms with Gasteiger partial charge in [-0.05, 0) is 35.5 Å². The third-order valence-corrected chi connectivity index (χ3v) is 3.66. The summed E-state index contributed by atoms with van der Waals surface area (Å²) in [6.07, 6.45) is 5.09. The summed E-state index contributed by atoms with van der Waals surface area (Å²) in [5.74, 6) is -0.662. The molecule has 1 aliphatic carbocycles. The van der Waals surface area contributed by atoms with Crippen molar-refractivity contribution in [2.45, 2.75) is 20.3 Å². The zero-order valence-corrected chi connectivity index (χ0v) is 11.6. The zero-order valence-electron chi connectivity index (χ0n) is 11.6. The molecule has 2 N–H and O–H groups in total. The Morgan fingerprint density at radius 3 is 2.70 bits per heavy atom. The lowest BCUT2D eigenvalue weighted by molar-refractivity contribution is -0.131. The molecule has 1 aromatic rings. The van der Waals surface area contributed by atoms with Gasteiger partial charge in [-0.1, -0.05) is 19.9 Å². The molecule has 0 aliphatic heterocycles. The first-order chi connectivity index (χ1) is 9.38. The monoisotopic (exact) mass is 274 g/mol. The number of hydrogen-bond donors (Lipinski definition) is 2. The van der Waals surface area contributed by atoms with Crippen molar-refractivity contribution in [2.24, 2.45) is 11.3 Å². The highest BCUT2D eigenvalue weighted by molar-refractivity contribution is 5.92. The van der Waals surface area contributed by atoms with Crippen molar-refractivity contribution in [3.05, 3.63) is 35.7 Å². The van der Waals surface area contributed by atoms with E-state index in [1.165, 1.54) is 12.3 Å². The van der Waals surface area contributed by atoms with Gasteiger partial charge >= 0.3 is 5.97 Å². The third kappa shape index (κ3) is 3.66. The molecule has 1 aromatic heterocycles. The van der Waals surface area contributed by atoms with Crippen molar-refractivity contribution < 1.29 is 14.7 Å². The first kappa shape index (κ1) is 14.2. The molecular formula is C15H18N2O3. The van der Waals surface area contributed by atoms with Crippen LogP contribution in [0.15, 0.2) is 24.4 Å². The quantitative estimate of drug-likeness (QED) is 0.804. The lowest BCUT2D eigenvalue weighted by Crippen LogP contribution is -2.27. The Morgan fingerprint density at radius 1 is 1.50 bits per heavy atom. The molecule has 0 saturated heterocycles. The van der Waals surface area contributed by atoms with E-state index < -0.39 is 5.97 Å². The summed E-state index contributed by atoms with van der Waals surface area (Å²) in [4.78, 5) is 26.3. The van der Waals surface area contributed by atoms with E-state index in [-0.39, 0.29) is 5.91 Å². The molecule has 20 heavy (non-hydrogen) atoms. The van der Waals surface area contributed by atoms with Crippen molar-refractivity contribution in [1.29, 1.82) is 0 Å². The number of carboxylic acids is 1. The Labute approximate surface area is 117 Å². The van der Waals surface area contributed by atoms with Gasteiger partial charge in [0.2, 0.25) is 0 Å². The second kappa shape index (κ2) is 5.45. The van der Waals surface area contributed by atoms with Gasteiger partial charge in [0.25, 0.3) is 5.91 Å². The van der Waals surface area contributed by atoms with E-state index in [4.69, 9.17) is 5.11 Å². The second-order valence-corrected chi connectivity index (χ2v) is 5.75. The normalized spacial score (nSPS) is 19.8. The van der Waals surface area contributed by atoms with Crippen LogP contribution in [0.2, 0.25) is 0 Å². The molecule has 106 valence electrons. The smallest absolute Gasteiger partial charge is 0.328 e. The number of pyridine rings is 1. The molecule has 0 aromatic carbocycles. The van der Waals surface area contributed by atoms with Gasteiger partial charge in [0.05, 0.1) is 0 Å². The highest BCUT2D eigenvalue weighted by Crippen LogP contribution is 2.50. The molecule has 2 rings (SSSR count). The van der Waals surface area contributed by atoms with Crippen LogP contribution in [0.5, 0.6) is 0 Å². The molecule has 0 radical (unpaired) electrons. The molecule has 5 nitrogen and oxygen atoms in total. The summed E-state index contributed by atoms with van der Waals surface area (Å²) in [6.45, 7) is 5.05. The number of amides is 1. The summed E-state index contributed by atoms with van der Waals surface area (Å²) < 4.78 is 0. The van der Waals surface area contributed by atoms with Crippen LogP contribution in [-0.4, -0.2) is 28.5 Å². The minimum Gasteiger partial charge on any atom is -0.478 e. The van der Waals surface area contributed by atoms with Crippen LogP contribution in [0.4, 0.5) is 0 Å². The lowest BCUT2D eigenvalue weighted by atomic mass is 10.1. The van der Waals surface area contributed by atoms with Gasteiger partial charge in [0, 0.05) is 18.8 Å².